The predicted octanol–water partition coefficient (Wildman–Crippen LogP) is 17.4. The number of nitriles is 1. The van der Waals surface area contributed by atoms with E-state index in [-0.39, 0.29) is 0 Å². The molecule has 0 aliphatic rings. The molecular formula is C65H40N6OS. The van der Waals surface area contributed by atoms with Gasteiger partial charge < -0.3 is 13.6 Å². The van der Waals surface area contributed by atoms with Crippen molar-refractivity contribution < 1.29 is 4.42 Å². The van der Waals surface area contributed by atoms with Gasteiger partial charge in [-0.25, -0.2) is 15.0 Å². The van der Waals surface area contributed by atoms with Crippen molar-refractivity contribution >= 4 is 98.3 Å². The predicted molar refractivity (Wildman–Crippen MR) is 302 cm³/mol. The van der Waals surface area contributed by atoms with Crippen molar-refractivity contribution in [2.24, 2.45) is 0 Å². The largest absolute Gasteiger partial charge is 0.456 e. The van der Waals surface area contributed by atoms with Crippen molar-refractivity contribution in [2.45, 2.75) is 6.92 Å². The summed E-state index contributed by atoms with van der Waals surface area (Å²) in [7, 11) is 0. The van der Waals surface area contributed by atoms with Crippen LogP contribution in [0.5, 0.6) is 0 Å². The second-order valence-corrected chi connectivity index (χ2v) is 19.3. The Labute approximate surface area is 423 Å². The molecule has 0 spiro atoms. The van der Waals surface area contributed by atoms with Crippen LogP contribution in [-0.4, -0.2) is 24.1 Å². The Morgan fingerprint density at radius 1 is 0.521 bits per heavy atom. The summed E-state index contributed by atoms with van der Waals surface area (Å²) in [5.41, 5.74) is 13.4. The number of furan rings is 1. The number of fused-ring (bicyclic) bond motifs is 11. The van der Waals surface area contributed by atoms with Crippen molar-refractivity contribution in [2.75, 3.05) is 0 Å². The zero-order valence-corrected chi connectivity index (χ0v) is 40.2. The summed E-state index contributed by atoms with van der Waals surface area (Å²) < 4.78 is 13.3. The summed E-state index contributed by atoms with van der Waals surface area (Å²) in [5, 5.41) is 19.0. The molecule has 8 heteroatoms. The molecule has 0 saturated heterocycles. The quantitative estimate of drug-likeness (QED) is 0.151. The summed E-state index contributed by atoms with van der Waals surface area (Å²) in [6, 6.07) is 69.7. The van der Waals surface area contributed by atoms with E-state index in [0.717, 1.165) is 99.5 Å². The van der Waals surface area contributed by atoms with E-state index in [1.807, 2.05) is 103 Å². The van der Waals surface area contributed by atoms with Gasteiger partial charge in [0.25, 0.3) is 0 Å². The third-order valence-electron chi connectivity index (χ3n) is 14.1. The van der Waals surface area contributed by atoms with Gasteiger partial charge in [-0.15, -0.1) is 11.3 Å². The van der Waals surface area contributed by atoms with Gasteiger partial charge in [-0.1, -0.05) is 128 Å². The number of nitrogens with zero attached hydrogens (tertiary/aromatic N) is 6. The van der Waals surface area contributed by atoms with Crippen LogP contribution in [0, 0.1) is 11.3 Å². The molecule has 0 aliphatic heterocycles. The van der Waals surface area contributed by atoms with E-state index in [9.17, 15) is 5.26 Å². The Balaban J connectivity index is 0.979. The minimum absolute atomic E-state index is 0.446. The van der Waals surface area contributed by atoms with Gasteiger partial charge >= 0.3 is 0 Å². The van der Waals surface area contributed by atoms with Crippen LogP contribution in [0.15, 0.2) is 211 Å². The fourth-order valence-electron chi connectivity index (χ4n) is 10.9. The maximum atomic E-state index is 11.3. The summed E-state index contributed by atoms with van der Waals surface area (Å²) in [4.78, 5) is 15.5. The van der Waals surface area contributed by atoms with E-state index in [4.69, 9.17) is 19.4 Å². The lowest BCUT2D eigenvalue weighted by Crippen LogP contribution is -2.03. The van der Waals surface area contributed by atoms with Gasteiger partial charge in [0.1, 0.15) is 17.2 Å². The lowest BCUT2D eigenvalue weighted by molar-refractivity contribution is 0.669. The second kappa shape index (κ2) is 16.7. The third kappa shape index (κ3) is 6.67. The number of benzene rings is 9. The molecule has 7 nitrogen and oxygen atoms in total. The van der Waals surface area contributed by atoms with E-state index in [0.29, 0.717) is 28.6 Å². The van der Waals surface area contributed by atoms with Crippen LogP contribution in [0.4, 0.5) is 0 Å². The molecule has 0 fully saturated rings. The molecule has 0 unspecified atom stereocenters. The van der Waals surface area contributed by atoms with E-state index in [1.54, 1.807) is 0 Å². The van der Waals surface area contributed by atoms with Crippen molar-refractivity contribution in [3.63, 3.8) is 0 Å². The lowest BCUT2D eigenvalue weighted by Gasteiger charge is -2.14. The highest BCUT2D eigenvalue weighted by atomic mass is 32.1. The Kier molecular flexibility index (Phi) is 9.68. The van der Waals surface area contributed by atoms with Gasteiger partial charge in [-0.2, -0.15) is 5.26 Å². The van der Waals surface area contributed by atoms with E-state index >= 15 is 0 Å². The maximum Gasteiger partial charge on any atom is 0.164 e. The molecule has 0 atom stereocenters. The SMILES string of the molecule is C=Cc1c(/C=C\C)c2ccc3c(c4ccccc4n3-c3ccc4sc5ccccc5c4c3)c2n1-c1ccc(-c2nc(-c3cccc(-c4ccccc4)c3)nc(-c3ccc4oc5ccccc5c4c3)n2)cc1C#N. The smallest absolute Gasteiger partial charge is 0.164 e. The van der Waals surface area contributed by atoms with Crippen LogP contribution < -0.4 is 0 Å². The monoisotopic (exact) mass is 952 g/mol. The van der Waals surface area contributed by atoms with Crippen LogP contribution in [0.2, 0.25) is 0 Å². The Morgan fingerprint density at radius 3 is 2.00 bits per heavy atom. The highest BCUT2D eigenvalue weighted by Crippen LogP contribution is 2.44. The number of allylic oxidation sites excluding steroid dienone is 1. The zero-order chi connectivity index (χ0) is 48.7. The molecular weight excluding hydrogens is 913 g/mol. The van der Waals surface area contributed by atoms with E-state index in [1.165, 1.54) is 20.2 Å². The van der Waals surface area contributed by atoms with Crippen LogP contribution >= 0.6 is 11.3 Å². The van der Waals surface area contributed by atoms with Gasteiger partial charge in [-0.05, 0) is 109 Å². The van der Waals surface area contributed by atoms with Crippen LogP contribution in [0.3, 0.4) is 0 Å². The highest BCUT2D eigenvalue weighted by Gasteiger charge is 2.25. The zero-order valence-electron chi connectivity index (χ0n) is 39.4. The molecule has 0 N–H and O–H groups in total. The average molecular weight is 953 g/mol. The van der Waals surface area contributed by atoms with Crippen molar-refractivity contribution in [3.05, 3.63) is 224 Å². The first-order valence-electron chi connectivity index (χ1n) is 24.2. The summed E-state index contributed by atoms with van der Waals surface area (Å²) in [5.74, 6) is 1.47. The standard InChI is InChI=1S/C65H40N6OS/c1-3-15-46-49-29-31-56-61(50-22-8-11-23-55(50)70(56)45-28-33-60-52(37-45)48-21-10-13-25-59(48)73-60)62(49)71(53(46)4-2)54-30-26-42(35-44(54)38-66)64-67-63(41-19-14-18-40(34-41)39-16-6-5-7-17-39)68-65(69-64)43-27-32-58-51(36-43)47-20-9-12-24-57(47)72-58/h3-37H,2H2,1H3/b15-3-. The topological polar surface area (TPSA) is 85.5 Å². The number of hydrogen-bond acceptors (Lipinski definition) is 6. The fourth-order valence-corrected chi connectivity index (χ4v) is 11.9. The molecule has 14 aromatic rings. The van der Waals surface area contributed by atoms with Crippen LogP contribution in [-0.2, 0) is 0 Å². The van der Waals surface area contributed by atoms with Crippen LogP contribution in [0.25, 0.3) is 144 Å². The van der Waals surface area contributed by atoms with Gasteiger partial charge in [0.05, 0.1) is 33.5 Å². The van der Waals surface area contributed by atoms with Gasteiger partial charge in [-0.3, -0.25) is 0 Å². The van der Waals surface area contributed by atoms with Crippen LogP contribution in [0.1, 0.15) is 23.7 Å². The maximum absolute atomic E-state index is 11.3. The molecule has 9 aromatic carbocycles. The normalized spacial score (nSPS) is 11.9. The molecule has 342 valence electrons. The minimum Gasteiger partial charge on any atom is -0.456 e. The minimum atomic E-state index is 0.446. The lowest BCUT2D eigenvalue weighted by atomic mass is 10.0. The Morgan fingerprint density at radius 2 is 1.19 bits per heavy atom. The summed E-state index contributed by atoms with van der Waals surface area (Å²) >= 11 is 1.82. The molecule has 73 heavy (non-hydrogen) atoms. The average Bonchev–Trinajstić information content (AvgIpc) is 4.22. The number of hydrogen-bond donors (Lipinski definition) is 0. The molecule has 5 aromatic heterocycles. The molecule has 14 rings (SSSR count). The fraction of sp³-hybridized carbons (Fsp3) is 0.0154. The van der Waals surface area contributed by atoms with Crippen molar-refractivity contribution in [1.82, 2.24) is 24.1 Å². The number of para-hydroxylation sites is 2. The van der Waals surface area contributed by atoms with Gasteiger partial charge in [0.2, 0.25) is 0 Å². The molecule has 0 saturated carbocycles. The van der Waals surface area contributed by atoms with E-state index < -0.39 is 0 Å². The number of rotatable bonds is 8. The van der Waals surface area contributed by atoms with E-state index in [2.05, 4.69) is 149 Å². The number of aromatic nitrogens is 5. The first-order chi connectivity index (χ1) is 36.0. The molecule has 5 heterocycles. The van der Waals surface area contributed by atoms with Crippen molar-refractivity contribution in [3.8, 4) is 62.7 Å². The number of thiophene rings is 1. The second-order valence-electron chi connectivity index (χ2n) is 18.2. The Bertz CT molecular complexity index is 4680. The Hall–Kier alpha value is -9.68. The highest BCUT2D eigenvalue weighted by molar-refractivity contribution is 7.25. The summed E-state index contributed by atoms with van der Waals surface area (Å²) in [6.45, 7) is 6.41. The molecule has 0 aliphatic carbocycles. The van der Waals surface area contributed by atoms with Gasteiger partial charge in [0.15, 0.2) is 17.5 Å². The first kappa shape index (κ1) is 42.2. The molecule has 0 radical (unpaired) electrons. The third-order valence-corrected chi connectivity index (χ3v) is 15.3. The molecule has 0 amide bonds. The molecule has 0 bridgehead atoms. The summed E-state index contributed by atoms with van der Waals surface area (Å²) in [6.07, 6.45) is 6.10. The first-order valence-corrected chi connectivity index (χ1v) is 25.0. The van der Waals surface area contributed by atoms with Gasteiger partial charge in [0, 0.05) is 75.0 Å². The van der Waals surface area contributed by atoms with Crippen molar-refractivity contribution in [1.29, 1.82) is 5.26 Å².